The number of nitrogens with one attached hydrogen (secondary N) is 2. The lowest BCUT2D eigenvalue weighted by Gasteiger charge is -2.54. The molecule has 43 heavy (non-hydrogen) atoms. The van der Waals surface area contributed by atoms with Crippen LogP contribution in [0.15, 0.2) is 42.5 Å². The van der Waals surface area contributed by atoms with E-state index in [0.29, 0.717) is 30.1 Å². The molecule has 0 radical (unpaired) electrons. The summed E-state index contributed by atoms with van der Waals surface area (Å²) in [6, 6.07) is 13.3. The molecule has 0 heterocycles. The number of methoxy groups -OCH3 is 1. The van der Waals surface area contributed by atoms with Crippen LogP contribution in [0.25, 0.3) is 0 Å². The second-order valence-electron chi connectivity index (χ2n) is 12.3. The van der Waals surface area contributed by atoms with Crippen LogP contribution in [0.5, 0.6) is 5.75 Å². The highest BCUT2D eigenvalue weighted by atomic mass is 32.1. The quantitative estimate of drug-likeness (QED) is 0.207. The molecule has 0 aromatic heterocycles. The van der Waals surface area contributed by atoms with Crippen molar-refractivity contribution in [3.63, 3.8) is 0 Å². The van der Waals surface area contributed by atoms with Crippen LogP contribution in [-0.2, 0) is 23.8 Å². The third kappa shape index (κ3) is 6.46. The molecule has 2 N–H and O–H groups in total. The molecule has 0 aliphatic heterocycles. The zero-order chi connectivity index (χ0) is 31.6. The molecule has 4 atom stereocenters. The zero-order valence-corrected chi connectivity index (χ0v) is 28.0. The van der Waals surface area contributed by atoms with E-state index < -0.39 is 18.8 Å². The van der Waals surface area contributed by atoms with E-state index in [1.54, 1.807) is 45.2 Å². The van der Waals surface area contributed by atoms with Crippen molar-refractivity contribution in [2.24, 2.45) is 11.3 Å². The van der Waals surface area contributed by atoms with Crippen LogP contribution in [0.4, 0.5) is 0 Å². The van der Waals surface area contributed by atoms with E-state index in [9.17, 15) is 14.2 Å². The molecule has 1 saturated carbocycles. The summed E-state index contributed by atoms with van der Waals surface area (Å²) < 4.78 is 30.7. The van der Waals surface area contributed by atoms with Crippen LogP contribution < -0.4 is 15.4 Å². The lowest BCUT2D eigenvalue weighted by atomic mass is 9.49. The smallest absolute Gasteiger partial charge is 0.357 e. The predicted molar refractivity (Wildman–Crippen MR) is 173 cm³/mol. The number of ketones is 1. The monoisotopic (exact) mass is 628 g/mol. The Labute approximate surface area is 261 Å². The van der Waals surface area contributed by atoms with Crippen LogP contribution in [0.3, 0.4) is 0 Å². The number of carbonyl (C=O) groups is 2. The first-order valence-corrected chi connectivity index (χ1v) is 17.2. The number of ether oxygens (including phenoxy) is 1. The van der Waals surface area contributed by atoms with Crippen LogP contribution in [0.2, 0.25) is 0 Å². The number of carbonyl (C=O) groups excluding carboxylic acids is 2. The van der Waals surface area contributed by atoms with Crippen LogP contribution >= 0.6 is 19.8 Å². The van der Waals surface area contributed by atoms with Gasteiger partial charge in [-0.25, -0.2) is 0 Å². The van der Waals surface area contributed by atoms with Crippen LogP contribution in [0.1, 0.15) is 106 Å². The number of hydrogen-bond donors (Lipinski definition) is 2. The minimum Gasteiger partial charge on any atom is -0.497 e. The summed E-state index contributed by atoms with van der Waals surface area (Å²) in [5.74, 6) is -0.486. The van der Waals surface area contributed by atoms with Crippen molar-refractivity contribution in [3.8, 4) is 5.75 Å². The molecule has 0 saturated heterocycles. The highest BCUT2D eigenvalue weighted by Crippen LogP contribution is 2.60. The van der Waals surface area contributed by atoms with Gasteiger partial charge in [0.15, 0.2) is 16.7 Å². The number of hydrogen-bond acceptors (Lipinski definition) is 7. The Morgan fingerprint density at radius 3 is 2.40 bits per heavy atom. The molecule has 2 aliphatic rings. The molecule has 0 bridgehead atoms. The summed E-state index contributed by atoms with van der Waals surface area (Å²) in [6.45, 7) is 12.2. The van der Waals surface area contributed by atoms with Gasteiger partial charge in [0.2, 0.25) is 5.91 Å². The maximum Gasteiger partial charge on any atom is 0.357 e. The van der Waals surface area contributed by atoms with Crippen molar-refractivity contribution < 1.29 is 27.9 Å². The first-order valence-electron chi connectivity index (χ1n) is 15.1. The van der Waals surface area contributed by atoms with Gasteiger partial charge in [0.05, 0.1) is 25.7 Å². The van der Waals surface area contributed by atoms with Gasteiger partial charge >= 0.3 is 7.60 Å². The van der Waals surface area contributed by atoms with Crippen LogP contribution in [0, 0.1) is 11.3 Å². The Morgan fingerprint density at radius 1 is 1.07 bits per heavy atom. The Morgan fingerprint density at radius 2 is 1.77 bits per heavy atom. The first-order chi connectivity index (χ1) is 20.3. The summed E-state index contributed by atoms with van der Waals surface area (Å²) >= 11 is 5.65. The van der Waals surface area contributed by atoms with E-state index in [1.807, 2.05) is 13.0 Å². The fourth-order valence-electron chi connectivity index (χ4n) is 6.97. The molecule has 2 aliphatic carbocycles. The van der Waals surface area contributed by atoms with E-state index >= 15 is 0 Å². The molecule has 1 fully saturated rings. The van der Waals surface area contributed by atoms with Gasteiger partial charge in [-0.05, 0) is 91.0 Å². The number of amides is 1. The minimum absolute atomic E-state index is 0.00932. The SMILES string of the molecule is CCOP(=O)(OCC)C(NC(=S)NC(=O)[C@]1(C)CCC[C@]2(C)c3ccc(C(C)C)cc3C(=O)C[C@@H]12)c1cccc(OC)c1. The number of benzene rings is 2. The lowest BCUT2D eigenvalue weighted by molar-refractivity contribution is -0.136. The minimum atomic E-state index is -3.77. The average Bonchev–Trinajstić information content (AvgIpc) is 2.97. The van der Waals surface area contributed by atoms with E-state index in [0.717, 1.165) is 29.5 Å². The first kappa shape index (κ1) is 33.3. The molecule has 0 spiro atoms. The highest BCUT2D eigenvalue weighted by molar-refractivity contribution is 7.80. The number of fused-ring (bicyclic) bond motifs is 3. The van der Waals surface area contributed by atoms with Gasteiger partial charge in [-0.1, -0.05) is 58.4 Å². The van der Waals surface area contributed by atoms with Crippen molar-refractivity contribution in [1.82, 2.24) is 10.6 Å². The molecule has 1 unspecified atom stereocenters. The van der Waals surface area contributed by atoms with E-state index in [1.165, 1.54) is 0 Å². The second-order valence-corrected chi connectivity index (χ2v) is 14.8. The lowest BCUT2D eigenvalue weighted by Crippen LogP contribution is -2.57. The molecular weight excluding hydrogens is 583 g/mol. The van der Waals surface area contributed by atoms with Crippen LogP contribution in [-0.4, -0.2) is 37.1 Å². The number of Topliss-reactive ketones (excluding diaryl/α,β-unsaturated/α-hetero) is 1. The fraction of sp³-hybridized carbons (Fsp3) is 0.545. The van der Waals surface area contributed by atoms with Gasteiger partial charge < -0.3 is 24.4 Å². The van der Waals surface area contributed by atoms with E-state index in [-0.39, 0.29) is 41.3 Å². The molecule has 2 aromatic carbocycles. The molecule has 2 aromatic rings. The Balaban J connectivity index is 1.62. The van der Waals surface area contributed by atoms with Crippen molar-refractivity contribution >= 4 is 36.6 Å². The predicted octanol–water partition coefficient (Wildman–Crippen LogP) is 7.42. The zero-order valence-electron chi connectivity index (χ0n) is 26.3. The maximum atomic E-state index is 14.1. The van der Waals surface area contributed by atoms with E-state index in [2.05, 4.69) is 43.5 Å². The third-order valence-electron chi connectivity index (χ3n) is 9.30. The molecule has 10 heteroatoms. The molecule has 4 rings (SSSR count). The Kier molecular flexibility index (Phi) is 10.2. The van der Waals surface area contributed by atoms with Crippen molar-refractivity contribution in [1.29, 1.82) is 0 Å². The number of rotatable bonds is 10. The Hall–Kier alpha value is -2.58. The highest BCUT2D eigenvalue weighted by Gasteiger charge is 2.57. The fourth-order valence-corrected chi connectivity index (χ4v) is 9.18. The maximum absolute atomic E-state index is 14.1. The van der Waals surface area contributed by atoms with Crippen molar-refractivity contribution in [2.45, 2.75) is 84.3 Å². The van der Waals surface area contributed by atoms with Crippen molar-refractivity contribution in [3.05, 3.63) is 64.7 Å². The summed E-state index contributed by atoms with van der Waals surface area (Å²) in [4.78, 5) is 27.6. The summed E-state index contributed by atoms with van der Waals surface area (Å²) in [5, 5.41) is 5.97. The topological polar surface area (TPSA) is 103 Å². The van der Waals surface area contributed by atoms with Gasteiger partial charge in [-0.3, -0.25) is 14.2 Å². The standard InChI is InChI=1S/C33H45N2O6PS/c1-8-40-42(38,41-9-2)29(23-12-10-13-24(18-23)39-7)34-31(43)35-30(37)33(6)17-11-16-32(5)26-15-14-22(21(3)4)19-25(26)27(36)20-28(32)33/h10,12-15,18-19,21,28-29H,8-9,11,16-17,20H2,1-7H3,(H2,34,35,37,43)/t28-,29?,32-,33-/m1/s1. The summed E-state index contributed by atoms with van der Waals surface area (Å²) in [7, 11) is -2.22. The molecule has 8 nitrogen and oxygen atoms in total. The van der Waals surface area contributed by atoms with E-state index in [4.69, 9.17) is 26.0 Å². The molecule has 234 valence electrons. The van der Waals surface area contributed by atoms with Crippen molar-refractivity contribution in [2.75, 3.05) is 20.3 Å². The Bertz CT molecular complexity index is 1420. The number of thiocarbonyl (C=S) groups is 1. The van der Waals surface area contributed by atoms with Gasteiger partial charge in [-0.2, -0.15) is 0 Å². The summed E-state index contributed by atoms with van der Waals surface area (Å²) in [5.41, 5.74) is 2.36. The average molecular weight is 629 g/mol. The molecule has 1 amide bonds. The third-order valence-corrected chi connectivity index (χ3v) is 11.8. The molecular formula is C33H45N2O6PS. The second kappa shape index (κ2) is 13.2. The van der Waals surface area contributed by atoms with Gasteiger partial charge in [0, 0.05) is 12.0 Å². The van der Waals surface area contributed by atoms with Gasteiger partial charge in [-0.15, -0.1) is 0 Å². The summed E-state index contributed by atoms with van der Waals surface area (Å²) in [6.07, 6.45) is 2.66. The van der Waals surface area contributed by atoms with Gasteiger partial charge in [0.1, 0.15) is 5.75 Å². The largest absolute Gasteiger partial charge is 0.497 e. The van der Waals surface area contributed by atoms with Gasteiger partial charge in [0.25, 0.3) is 0 Å². The normalized spacial score (nSPS) is 24.1.